The average Bonchev–Trinajstić information content (AvgIpc) is 2.53. The standard InChI is InChI=1S/C10H8BrClN2O2/c1-16-10(15)8-7-5(11)2-4(12)3-6(7)14-9(8)13/h2-3,14H,13H2,1H3. The molecule has 2 rings (SSSR count). The summed E-state index contributed by atoms with van der Waals surface area (Å²) in [6.07, 6.45) is 0. The number of nitrogens with one attached hydrogen (secondary N) is 1. The van der Waals surface area contributed by atoms with Gasteiger partial charge in [0.15, 0.2) is 0 Å². The van der Waals surface area contributed by atoms with Crippen molar-refractivity contribution in [1.82, 2.24) is 4.98 Å². The molecule has 0 bridgehead atoms. The van der Waals surface area contributed by atoms with E-state index in [0.29, 0.717) is 26.0 Å². The van der Waals surface area contributed by atoms with Crippen LogP contribution < -0.4 is 5.73 Å². The number of hydrogen-bond acceptors (Lipinski definition) is 3. The summed E-state index contributed by atoms with van der Waals surface area (Å²) >= 11 is 9.23. The number of nitrogen functional groups attached to an aromatic ring is 1. The molecule has 0 aliphatic carbocycles. The molecule has 4 nitrogen and oxygen atoms in total. The number of halogens is 2. The van der Waals surface area contributed by atoms with Gasteiger partial charge in [0.05, 0.1) is 12.6 Å². The average molecular weight is 304 g/mol. The SMILES string of the molecule is COC(=O)c1c(N)[nH]c2cc(Cl)cc(Br)c12. The second-order valence-corrected chi connectivity index (χ2v) is 4.51. The highest BCUT2D eigenvalue weighted by atomic mass is 79.9. The van der Waals surface area contributed by atoms with Gasteiger partial charge in [0.2, 0.25) is 0 Å². The van der Waals surface area contributed by atoms with Crippen molar-refractivity contribution >= 4 is 50.2 Å². The highest BCUT2D eigenvalue weighted by Crippen LogP contribution is 2.33. The van der Waals surface area contributed by atoms with Crippen molar-refractivity contribution in [2.75, 3.05) is 12.8 Å². The van der Waals surface area contributed by atoms with Crippen LogP contribution >= 0.6 is 27.5 Å². The van der Waals surface area contributed by atoms with Gasteiger partial charge in [-0.05, 0) is 12.1 Å². The number of hydrogen-bond donors (Lipinski definition) is 2. The van der Waals surface area contributed by atoms with Gasteiger partial charge in [-0.15, -0.1) is 0 Å². The molecule has 0 atom stereocenters. The number of anilines is 1. The molecular formula is C10H8BrClN2O2. The Morgan fingerprint density at radius 3 is 2.88 bits per heavy atom. The van der Waals surface area contributed by atoms with Crippen LogP contribution in [0.15, 0.2) is 16.6 Å². The van der Waals surface area contributed by atoms with Crippen molar-refractivity contribution in [2.24, 2.45) is 0 Å². The van der Waals surface area contributed by atoms with E-state index < -0.39 is 5.97 Å². The van der Waals surface area contributed by atoms with E-state index in [1.165, 1.54) is 7.11 Å². The number of H-pyrrole nitrogens is 1. The topological polar surface area (TPSA) is 68.1 Å². The molecule has 1 heterocycles. The molecule has 1 aromatic heterocycles. The first kappa shape index (κ1) is 11.3. The maximum atomic E-state index is 11.6. The lowest BCUT2D eigenvalue weighted by Crippen LogP contribution is -2.04. The van der Waals surface area contributed by atoms with E-state index in [1.54, 1.807) is 12.1 Å². The van der Waals surface area contributed by atoms with E-state index in [9.17, 15) is 4.79 Å². The molecule has 0 saturated heterocycles. The van der Waals surface area contributed by atoms with Crippen molar-refractivity contribution in [1.29, 1.82) is 0 Å². The summed E-state index contributed by atoms with van der Waals surface area (Å²) in [4.78, 5) is 14.5. The van der Waals surface area contributed by atoms with Crippen LogP contribution in [-0.4, -0.2) is 18.1 Å². The quantitative estimate of drug-likeness (QED) is 0.796. The number of nitrogens with two attached hydrogens (primary N) is 1. The molecule has 0 aliphatic rings. The lowest BCUT2D eigenvalue weighted by atomic mass is 10.1. The summed E-state index contributed by atoms with van der Waals surface area (Å²) in [6, 6.07) is 3.40. The Morgan fingerprint density at radius 1 is 1.56 bits per heavy atom. The molecule has 0 amide bonds. The van der Waals surface area contributed by atoms with E-state index in [0.717, 1.165) is 0 Å². The third-order valence-electron chi connectivity index (χ3n) is 2.23. The minimum absolute atomic E-state index is 0.268. The van der Waals surface area contributed by atoms with Crippen LogP contribution in [-0.2, 0) is 4.74 Å². The third-order valence-corrected chi connectivity index (χ3v) is 3.08. The fourth-order valence-electron chi connectivity index (χ4n) is 1.58. The summed E-state index contributed by atoms with van der Waals surface area (Å²) in [6.45, 7) is 0. The summed E-state index contributed by atoms with van der Waals surface area (Å²) in [5.74, 6) is -0.211. The highest BCUT2D eigenvalue weighted by molar-refractivity contribution is 9.10. The zero-order valence-corrected chi connectivity index (χ0v) is 10.6. The van der Waals surface area contributed by atoms with Crippen LogP contribution in [0.1, 0.15) is 10.4 Å². The third kappa shape index (κ3) is 1.66. The lowest BCUT2D eigenvalue weighted by molar-refractivity contribution is 0.0604. The molecule has 0 aliphatic heterocycles. The molecule has 3 N–H and O–H groups in total. The maximum absolute atomic E-state index is 11.6. The first-order chi connectivity index (χ1) is 7.54. The van der Waals surface area contributed by atoms with Gasteiger partial charge in [-0.3, -0.25) is 0 Å². The number of ether oxygens (including phenoxy) is 1. The number of carbonyl (C=O) groups excluding carboxylic acids is 1. The van der Waals surface area contributed by atoms with E-state index in [4.69, 9.17) is 17.3 Å². The second-order valence-electron chi connectivity index (χ2n) is 3.22. The van der Waals surface area contributed by atoms with Crippen LogP contribution in [0.3, 0.4) is 0 Å². The summed E-state index contributed by atoms with van der Waals surface area (Å²) in [5, 5.41) is 1.23. The number of methoxy groups -OCH3 is 1. The summed E-state index contributed by atoms with van der Waals surface area (Å²) in [5.41, 5.74) is 6.74. The lowest BCUT2D eigenvalue weighted by Gasteiger charge is -2.00. The monoisotopic (exact) mass is 302 g/mol. The van der Waals surface area contributed by atoms with Crippen molar-refractivity contribution in [3.63, 3.8) is 0 Å². The van der Waals surface area contributed by atoms with Gasteiger partial charge in [-0.2, -0.15) is 0 Å². The fourth-order valence-corrected chi connectivity index (χ4v) is 2.59. The van der Waals surface area contributed by atoms with Crippen LogP contribution in [0.2, 0.25) is 5.02 Å². The normalized spacial score (nSPS) is 10.7. The maximum Gasteiger partial charge on any atom is 0.342 e. The van der Waals surface area contributed by atoms with Gasteiger partial charge in [0.1, 0.15) is 11.4 Å². The van der Waals surface area contributed by atoms with Gasteiger partial charge in [0.25, 0.3) is 0 Å². The van der Waals surface area contributed by atoms with Gasteiger partial charge < -0.3 is 15.5 Å². The van der Waals surface area contributed by atoms with Crippen molar-refractivity contribution in [3.05, 3.63) is 27.2 Å². The summed E-state index contributed by atoms with van der Waals surface area (Å²) < 4.78 is 5.37. The van der Waals surface area contributed by atoms with Crippen LogP contribution in [0.5, 0.6) is 0 Å². The van der Waals surface area contributed by atoms with Gasteiger partial charge in [-0.25, -0.2) is 4.79 Å². The molecule has 0 saturated carbocycles. The first-order valence-corrected chi connectivity index (χ1v) is 5.56. The molecule has 6 heteroatoms. The second kappa shape index (κ2) is 3.99. The number of fused-ring (bicyclic) bond motifs is 1. The highest BCUT2D eigenvalue weighted by Gasteiger charge is 2.19. The molecule has 0 unspecified atom stereocenters. The Kier molecular flexibility index (Phi) is 2.82. The minimum Gasteiger partial charge on any atom is -0.465 e. The van der Waals surface area contributed by atoms with Gasteiger partial charge >= 0.3 is 5.97 Å². The minimum atomic E-state index is -0.480. The zero-order valence-electron chi connectivity index (χ0n) is 8.30. The Labute approximate surface area is 105 Å². The van der Waals surface area contributed by atoms with Crippen molar-refractivity contribution in [2.45, 2.75) is 0 Å². The van der Waals surface area contributed by atoms with E-state index in [1.807, 2.05) is 0 Å². The molecule has 1 aromatic carbocycles. The first-order valence-electron chi connectivity index (χ1n) is 4.39. The smallest absolute Gasteiger partial charge is 0.342 e. The number of aromatic nitrogens is 1. The Balaban J connectivity index is 2.84. The Hall–Kier alpha value is -1.20. The van der Waals surface area contributed by atoms with Crippen molar-refractivity contribution < 1.29 is 9.53 Å². The predicted molar refractivity (Wildman–Crippen MR) is 66.8 cm³/mol. The van der Waals surface area contributed by atoms with E-state index in [2.05, 4.69) is 25.7 Å². The predicted octanol–water partition coefficient (Wildman–Crippen LogP) is 2.95. The number of aromatic amines is 1. The van der Waals surface area contributed by atoms with Crippen LogP contribution in [0.4, 0.5) is 5.82 Å². The van der Waals surface area contributed by atoms with E-state index >= 15 is 0 Å². The Morgan fingerprint density at radius 2 is 2.25 bits per heavy atom. The Bertz CT molecular complexity index is 580. The summed E-state index contributed by atoms with van der Waals surface area (Å²) in [7, 11) is 1.31. The van der Waals surface area contributed by atoms with E-state index in [-0.39, 0.29) is 5.82 Å². The van der Waals surface area contributed by atoms with Crippen LogP contribution in [0.25, 0.3) is 10.9 Å². The largest absolute Gasteiger partial charge is 0.465 e. The number of rotatable bonds is 1. The number of carbonyl (C=O) groups is 1. The molecule has 0 fully saturated rings. The molecular weight excluding hydrogens is 295 g/mol. The molecule has 2 aromatic rings. The fraction of sp³-hybridized carbons (Fsp3) is 0.100. The van der Waals surface area contributed by atoms with Crippen LogP contribution in [0, 0.1) is 0 Å². The molecule has 16 heavy (non-hydrogen) atoms. The molecule has 0 radical (unpaired) electrons. The number of esters is 1. The van der Waals surface area contributed by atoms with Gasteiger partial charge in [-0.1, -0.05) is 27.5 Å². The molecule has 84 valence electrons. The zero-order chi connectivity index (χ0) is 11.9. The van der Waals surface area contributed by atoms with Gasteiger partial charge in [0, 0.05) is 14.9 Å². The number of benzene rings is 1. The molecule has 0 spiro atoms. The van der Waals surface area contributed by atoms with Crippen molar-refractivity contribution in [3.8, 4) is 0 Å².